The van der Waals surface area contributed by atoms with Crippen molar-refractivity contribution in [1.29, 1.82) is 0 Å². The fraction of sp³-hybridized carbons (Fsp3) is 0.625. The Hall–Kier alpha value is -2.21. The number of nitrogens with two attached hydrogens (primary N) is 1. The average Bonchev–Trinajstić information content (AvgIpc) is 3.39. The Morgan fingerprint density at radius 1 is 1.29 bits per heavy atom. The minimum atomic E-state index is -0.858. The molecule has 0 saturated carbocycles. The lowest BCUT2D eigenvalue weighted by Crippen LogP contribution is -2.51. The summed E-state index contributed by atoms with van der Waals surface area (Å²) in [4.78, 5) is 18.9. The molecule has 0 bridgehead atoms. The standard InChI is InChI=1S/C24H31FN6O3S/c1-14-21(26)24(13-34-14)3-6-30(7-4-24)22-17(11-32)29-19(9-28-22)35-18-2-5-27-23-20(18)33-12-16-8-15(25)10-31(16)23/h2,5,9,14-16,21,32H,3-4,6-8,10-13,26H2,1H3/t14?,15?,16-,21+/m0/s1. The first-order valence-electron chi connectivity index (χ1n) is 12.3. The number of halogens is 1. The Kier molecular flexibility index (Phi) is 5.98. The highest BCUT2D eigenvalue weighted by molar-refractivity contribution is 7.99. The van der Waals surface area contributed by atoms with Crippen molar-refractivity contribution in [2.75, 3.05) is 42.6 Å². The Morgan fingerprint density at radius 2 is 2.11 bits per heavy atom. The smallest absolute Gasteiger partial charge is 0.175 e. The zero-order chi connectivity index (χ0) is 24.2. The third kappa shape index (κ3) is 4.02. The van der Waals surface area contributed by atoms with Crippen molar-refractivity contribution in [3.8, 4) is 5.75 Å². The van der Waals surface area contributed by atoms with Gasteiger partial charge in [0.2, 0.25) is 0 Å². The first-order chi connectivity index (χ1) is 17.0. The maximum atomic E-state index is 14.0. The zero-order valence-corrected chi connectivity index (χ0v) is 20.6. The van der Waals surface area contributed by atoms with E-state index in [2.05, 4.69) is 9.88 Å². The number of fused-ring (bicyclic) bond motifs is 3. The van der Waals surface area contributed by atoms with Crippen LogP contribution in [0.1, 0.15) is 31.9 Å². The number of pyridine rings is 1. The number of piperidine rings is 1. The molecule has 3 fully saturated rings. The van der Waals surface area contributed by atoms with E-state index < -0.39 is 6.17 Å². The van der Waals surface area contributed by atoms with Crippen LogP contribution in [0.15, 0.2) is 28.4 Å². The van der Waals surface area contributed by atoms with Crippen LogP contribution in [0.3, 0.4) is 0 Å². The topological polar surface area (TPSA) is 110 Å². The summed E-state index contributed by atoms with van der Waals surface area (Å²) in [5, 5.41) is 10.7. The summed E-state index contributed by atoms with van der Waals surface area (Å²) in [5.41, 5.74) is 7.03. The van der Waals surface area contributed by atoms with Gasteiger partial charge in [-0.2, -0.15) is 0 Å². The van der Waals surface area contributed by atoms with Crippen molar-refractivity contribution >= 4 is 23.4 Å². The molecular weight excluding hydrogens is 471 g/mol. The fourth-order valence-electron chi connectivity index (χ4n) is 5.87. The number of rotatable bonds is 4. The molecule has 0 radical (unpaired) electrons. The first kappa shape index (κ1) is 23.2. The monoisotopic (exact) mass is 502 g/mol. The van der Waals surface area contributed by atoms with Gasteiger partial charge in [-0.3, -0.25) is 0 Å². The van der Waals surface area contributed by atoms with Crippen LogP contribution in [0, 0.1) is 5.41 Å². The molecule has 2 unspecified atom stereocenters. The lowest BCUT2D eigenvalue weighted by molar-refractivity contribution is 0.0973. The predicted molar refractivity (Wildman–Crippen MR) is 130 cm³/mol. The number of nitrogens with zero attached hydrogens (tertiary/aromatic N) is 5. The van der Waals surface area contributed by atoms with E-state index >= 15 is 0 Å². The van der Waals surface area contributed by atoms with Crippen LogP contribution >= 0.6 is 11.8 Å². The summed E-state index contributed by atoms with van der Waals surface area (Å²) >= 11 is 1.42. The molecule has 3 saturated heterocycles. The molecule has 4 aliphatic heterocycles. The van der Waals surface area contributed by atoms with Gasteiger partial charge in [0.05, 0.1) is 43.0 Å². The van der Waals surface area contributed by atoms with Crippen LogP contribution in [0.5, 0.6) is 5.75 Å². The molecule has 11 heteroatoms. The van der Waals surface area contributed by atoms with Crippen LogP contribution in [-0.4, -0.2) is 77.3 Å². The number of alkyl halides is 1. The molecule has 188 valence electrons. The van der Waals surface area contributed by atoms with E-state index in [1.807, 2.05) is 17.9 Å². The second-order valence-corrected chi connectivity index (χ2v) is 11.1. The summed E-state index contributed by atoms with van der Waals surface area (Å²) in [6, 6.07) is 1.95. The Morgan fingerprint density at radius 3 is 2.86 bits per heavy atom. The molecule has 9 nitrogen and oxygen atoms in total. The highest BCUT2D eigenvalue weighted by Crippen LogP contribution is 2.45. The molecular formula is C24H31FN6O3S. The van der Waals surface area contributed by atoms with Crippen LogP contribution < -0.4 is 20.3 Å². The van der Waals surface area contributed by atoms with Gasteiger partial charge >= 0.3 is 0 Å². The van der Waals surface area contributed by atoms with E-state index in [0.29, 0.717) is 54.3 Å². The molecule has 0 amide bonds. The number of ether oxygens (including phenoxy) is 2. The summed E-state index contributed by atoms with van der Waals surface area (Å²) in [6.07, 6.45) is 5.02. The van der Waals surface area contributed by atoms with Gasteiger partial charge in [0.25, 0.3) is 0 Å². The summed E-state index contributed by atoms with van der Waals surface area (Å²) in [6.45, 7) is 4.95. The summed E-state index contributed by atoms with van der Waals surface area (Å²) in [7, 11) is 0. The Bertz CT molecular complexity index is 1100. The third-order valence-electron chi connectivity index (χ3n) is 7.98. The Balaban J connectivity index is 1.19. The number of anilines is 2. The predicted octanol–water partition coefficient (Wildman–Crippen LogP) is 2.16. The van der Waals surface area contributed by atoms with E-state index in [-0.39, 0.29) is 30.2 Å². The first-order valence-corrected chi connectivity index (χ1v) is 13.1. The van der Waals surface area contributed by atoms with Crippen molar-refractivity contribution in [2.45, 2.75) is 67.1 Å². The summed E-state index contributed by atoms with van der Waals surface area (Å²) in [5.74, 6) is 2.06. The van der Waals surface area contributed by atoms with Crippen LogP contribution in [0.25, 0.3) is 0 Å². The highest BCUT2D eigenvalue weighted by atomic mass is 32.2. The lowest BCUT2D eigenvalue weighted by Gasteiger charge is -2.41. The van der Waals surface area contributed by atoms with Gasteiger partial charge in [0, 0.05) is 37.2 Å². The van der Waals surface area contributed by atoms with Crippen LogP contribution in [0.2, 0.25) is 0 Å². The van der Waals surface area contributed by atoms with Crippen molar-refractivity contribution in [2.24, 2.45) is 11.1 Å². The molecule has 6 heterocycles. The van der Waals surface area contributed by atoms with Gasteiger partial charge in [-0.1, -0.05) is 11.8 Å². The number of aliphatic hydroxyl groups excluding tert-OH is 1. The fourth-order valence-corrected chi connectivity index (χ4v) is 6.73. The van der Waals surface area contributed by atoms with Gasteiger partial charge in [-0.05, 0) is 25.8 Å². The van der Waals surface area contributed by atoms with Crippen molar-refractivity contribution in [3.05, 3.63) is 24.2 Å². The largest absolute Gasteiger partial charge is 0.486 e. The van der Waals surface area contributed by atoms with E-state index in [1.165, 1.54) is 11.8 Å². The molecule has 3 N–H and O–H groups in total. The molecule has 1 spiro atoms. The van der Waals surface area contributed by atoms with Gasteiger partial charge in [-0.25, -0.2) is 19.3 Å². The maximum Gasteiger partial charge on any atom is 0.175 e. The van der Waals surface area contributed by atoms with E-state index in [9.17, 15) is 9.50 Å². The SMILES string of the molecule is CC1OCC2(CCN(c3ncc(Sc4ccnc5c4OC[C@@H]4CC(F)CN54)nc3CO)CC2)[C@@H]1N. The minimum Gasteiger partial charge on any atom is -0.486 e. The van der Waals surface area contributed by atoms with Crippen molar-refractivity contribution in [1.82, 2.24) is 15.0 Å². The van der Waals surface area contributed by atoms with Crippen LogP contribution in [0.4, 0.5) is 16.0 Å². The van der Waals surface area contributed by atoms with Gasteiger partial charge in [0.15, 0.2) is 17.4 Å². The second-order valence-electron chi connectivity index (χ2n) is 10.0. The number of aromatic nitrogens is 3. The quantitative estimate of drug-likeness (QED) is 0.645. The molecule has 6 rings (SSSR count). The molecule has 35 heavy (non-hydrogen) atoms. The van der Waals surface area contributed by atoms with E-state index in [1.54, 1.807) is 12.4 Å². The second kappa shape index (κ2) is 9.02. The lowest BCUT2D eigenvalue weighted by atomic mass is 9.73. The van der Waals surface area contributed by atoms with E-state index in [4.69, 9.17) is 25.2 Å². The van der Waals surface area contributed by atoms with Crippen molar-refractivity contribution < 1.29 is 19.0 Å². The minimum absolute atomic E-state index is 0.0233. The molecule has 4 atom stereocenters. The third-order valence-corrected chi connectivity index (χ3v) is 8.92. The molecule has 2 aromatic rings. The summed E-state index contributed by atoms with van der Waals surface area (Å²) < 4.78 is 25.8. The molecule has 0 aliphatic carbocycles. The Labute approximate surface area is 208 Å². The molecule has 2 aromatic heterocycles. The van der Waals surface area contributed by atoms with Crippen LogP contribution in [-0.2, 0) is 11.3 Å². The number of hydrogen-bond acceptors (Lipinski definition) is 10. The van der Waals surface area contributed by atoms with E-state index in [0.717, 1.165) is 30.8 Å². The van der Waals surface area contributed by atoms with Gasteiger partial charge < -0.3 is 30.1 Å². The zero-order valence-electron chi connectivity index (χ0n) is 19.8. The number of aliphatic hydroxyl groups is 1. The highest BCUT2D eigenvalue weighted by Gasteiger charge is 2.47. The van der Waals surface area contributed by atoms with Gasteiger partial charge in [0.1, 0.15) is 23.5 Å². The maximum absolute atomic E-state index is 14.0. The molecule has 0 aromatic carbocycles. The van der Waals surface area contributed by atoms with Crippen molar-refractivity contribution in [3.63, 3.8) is 0 Å². The number of hydrogen-bond donors (Lipinski definition) is 2. The van der Waals surface area contributed by atoms with Gasteiger partial charge in [-0.15, -0.1) is 0 Å². The average molecular weight is 503 g/mol. The molecule has 4 aliphatic rings. The normalized spacial score (nSPS) is 29.3.